The van der Waals surface area contributed by atoms with Gasteiger partial charge in [-0.2, -0.15) is 0 Å². The second-order valence-electron chi connectivity index (χ2n) is 5.39. The molecule has 0 amide bonds. The lowest BCUT2D eigenvalue weighted by molar-refractivity contribution is 0.414. The van der Waals surface area contributed by atoms with Gasteiger partial charge in [0.1, 0.15) is 5.75 Å². The van der Waals surface area contributed by atoms with Gasteiger partial charge in [0.2, 0.25) is 0 Å². The van der Waals surface area contributed by atoms with Crippen molar-refractivity contribution in [2.24, 2.45) is 0 Å². The van der Waals surface area contributed by atoms with E-state index >= 15 is 0 Å². The van der Waals surface area contributed by atoms with Crippen LogP contribution in [0.4, 0.5) is 5.69 Å². The van der Waals surface area contributed by atoms with Crippen LogP contribution in [-0.2, 0) is 29.4 Å². The lowest BCUT2D eigenvalue weighted by atomic mass is 10.1. The third-order valence-electron chi connectivity index (χ3n) is 3.85. The number of hydrogen-bond acceptors (Lipinski definition) is 3. The average Bonchev–Trinajstić information content (AvgIpc) is 2.93. The largest absolute Gasteiger partial charge is 0.497 e. The van der Waals surface area contributed by atoms with E-state index in [0.29, 0.717) is 17.2 Å². The van der Waals surface area contributed by atoms with Crippen LogP contribution in [0.5, 0.6) is 5.75 Å². The van der Waals surface area contributed by atoms with Gasteiger partial charge < -0.3 is 10.5 Å². The molecule has 2 N–H and O–H groups in total. The first-order valence-corrected chi connectivity index (χ1v) is 8.41. The van der Waals surface area contributed by atoms with Crippen LogP contribution in [0, 0.1) is 0 Å². The fraction of sp³-hybridized carbons (Fsp3) is 0.294. The molecule has 3 rings (SSSR count). The molecular weight excluding hydrogens is 282 g/mol. The van der Waals surface area contributed by atoms with Crippen LogP contribution in [0.15, 0.2) is 41.3 Å². The summed E-state index contributed by atoms with van der Waals surface area (Å²) in [5.74, 6) is 1.16. The molecule has 1 atom stereocenters. The van der Waals surface area contributed by atoms with Crippen molar-refractivity contribution >= 4 is 16.5 Å². The summed E-state index contributed by atoms with van der Waals surface area (Å²) in [6.07, 6.45) is 3.46. The van der Waals surface area contributed by atoms with Crippen LogP contribution in [0.25, 0.3) is 0 Å². The van der Waals surface area contributed by atoms with E-state index < -0.39 is 10.8 Å². The highest BCUT2D eigenvalue weighted by Crippen LogP contribution is 2.26. The van der Waals surface area contributed by atoms with E-state index in [1.165, 1.54) is 17.5 Å². The Morgan fingerprint density at radius 3 is 2.76 bits per heavy atom. The smallest absolute Gasteiger partial charge is 0.121 e. The van der Waals surface area contributed by atoms with Crippen molar-refractivity contribution in [2.45, 2.75) is 29.9 Å². The molecule has 110 valence electrons. The van der Waals surface area contributed by atoms with Crippen LogP contribution in [0.2, 0.25) is 0 Å². The standard InChI is InChI=1S/C17H19NO2S/c1-20-16-8-12(7-15(18)10-16)11-21(19)17-6-5-13-3-2-4-14(13)9-17/h5-10H,2-4,11,18H2,1H3. The zero-order valence-corrected chi connectivity index (χ0v) is 12.9. The summed E-state index contributed by atoms with van der Waals surface area (Å²) in [5, 5.41) is 0. The van der Waals surface area contributed by atoms with Crippen molar-refractivity contribution in [3.05, 3.63) is 53.1 Å². The summed E-state index contributed by atoms with van der Waals surface area (Å²) in [5.41, 5.74) is 10.2. The molecule has 0 heterocycles. The van der Waals surface area contributed by atoms with Crippen molar-refractivity contribution in [1.29, 1.82) is 0 Å². The molecule has 21 heavy (non-hydrogen) atoms. The third kappa shape index (κ3) is 3.10. The fourth-order valence-electron chi connectivity index (χ4n) is 2.81. The average molecular weight is 301 g/mol. The molecule has 3 nitrogen and oxygen atoms in total. The van der Waals surface area contributed by atoms with Crippen molar-refractivity contribution in [1.82, 2.24) is 0 Å². The molecule has 0 saturated heterocycles. The topological polar surface area (TPSA) is 52.3 Å². The van der Waals surface area contributed by atoms with E-state index in [1.54, 1.807) is 13.2 Å². The van der Waals surface area contributed by atoms with E-state index in [-0.39, 0.29) is 0 Å². The Morgan fingerprint density at radius 1 is 1.14 bits per heavy atom. The van der Waals surface area contributed by atoms with Crippen molar-refractivity contribution in [3.8, 4) is 5.75 Å². The van der Waals surface area contributed by atoms with Crippen molar-refractivity contribution < 1.29 is 8.95 Å². The summed E-state index contributed by atoms with van der Waals surface area (Å²) in [6.45, 7) is 0. The Hall–Kier alpha value is -1.81. The number of nitrogen functional groups attached to an aromatic ring is 1. The molecule has 0 aliphatic heterocycles. The second kappa shape index (κ2) is 5.90. The Bertz CT molecular complexity index is 697. The molecule has 2 aromatic rings. The van der Waals surface area contributed by atoms with Crippen LogP contribution in [0.1, 0.15) is 23.1 Å². The van der Waals surface area contributed by atoms with E-state index in [9.17, 15) is 4.21 Å². The Morgan fingerprint density at radius 2 is 1.95 bits per heavy atom. The molecule has 0 aromatic heterocycles. The quantitative estimate of drug-likeness (QED) is 0.883. The number of fused-ring (bicyclic) bond motifs is 1. The fourth-order valence-corrected chi connectivity index (χ4v) is 3.94. The molecule has 0 spiro atoms. The zero-order chi connectivity index (χ0) is 14.8. The number of ether oxygens (including phenoxy) is 1. The summed E-state index contributed by atoms with van der Waals surface area (Å²) in [6, 6.07) is 11.7. The zero-order valence-electron chi connectivity index (χ0n) is 12.1. The maximum absolute atomic E-state index is 12.6. The first-order valence-electron chi connectivity index (χ1n) is 7.09. The number of benzene rings is 2. The summed E-state index contributed by atoms with van der Waals surface area (Å²) >= 11 is 0. The van der Waals surface area contributed by atoms with E-state index in [1.807, 2.05) is 18.2 Å². The Balaban J connectivity index is 1.81. The van der Waals surface area contributed by atoms with Gasteiger partial charge in [-0.3, -0.25) is 4.21 Å². The Kier molecular flexibility index (Phi) is 3.97. The predicted octanol–water partition coefficient (Wildman–Crippen LogP) is 3.07. The minimum atomic E-state index is -1.06. The number of nitrogens with two attached hydrogens (primary N) is 1. The number of hydrogen-bond donors (Lipinski definition) is 1. The molecule has 0 saturated carbocycles. The SMILES string of the molecule is COc1cc(N)cc(CS(=O)c2ccc3c(c2)CCC3)c1. The van der Waals surface area contributed by atoms with Crippen LogP contribution in [-0.4, -0.2) is 11.3 Å². The van der Waals surface area contributed by atoms with Gasteiger partial charge in [0.15, 0.2) is 0 Å². The lowest BCUT2D eigenvalue weighted by Gasteiger charge is -2.08. The summed E-state index contributed by atoms with van der Waals surface area (Å²) in [7, 11) is 0.551. The van der Waals surface area contributed by atoms with Gasteiger partial charge >= 0.3 is 0 Å². The summed E-state index contributed by atoms with van der Waals surface area (Å²) < 4.78 is 17.8. The minimum Gasteiger partial charge on any atom is -0.497 e. The lowest BCUT2D eigenvalue weighted by Crippen LogP contribution is -1.99. The monoisotopic (exact) mass is 301 g/mol. The number of anilines is 1. The molecule has 2 aromatic carbocycles. The third-order valence-corrected chi connectivity index (χ3v) is 5.23. The van der Waals surface area contributed by atoms with Crippen molar-refractivity contribution in [3.63, 3.8) is 0 Å². The predicted molar refractivity (Wildman–Crippen MR) is 86.0 cm³/mol. The molecule has 1 aliphatic rings. The van der Waals surface area contributed by atoms with Gasteiger partial charge in [0.05, 0.1) is 23.7 Å². The second-order valence-corrected chi connectivity index (χ2v) is 6.84. The first kappa shape index (κ1) is 14.1. The Labute approximate surface area is 127 Å². The van der Waals surface area contributed by atoms with Gasteiger partial charge in [-0.15, -0.1) is 0 Å². The summed E-state index contributed by atoms with van der Waals surface area (Å²) in [4.78, 5) is 0.900. The molecule has 0 fully saturated rings. The van der Waals surface area contributed by atoms with Gasteiger partial charge in [-0.05, 0) is 60.2 Å². The van der Waals surface area contributed by atoms with Gasteiger partial charge in [-0.1, -0.05) is 6.07 Å². The van der Waals surface area contributed by atoms with E-state index in [2.05, 4.69) is 12.1 Å². The number of rotatable bonds is 4. The molecule has 1 aliphatic carbocycles. The molecular formula is C17H19NO2S. The molecule has 1 unspecified atom stereocenters. The highest BCUT2D eigenvalue weighted by molar-refractivity contribution is 7.84. The molecule has 0 bridgehead atoms. The highest BCUT2D eigenvalue weighted by atomic mass is 32.2. The van der Waals surface area contributed by atoms with Gasteiger partial charge in [0, 0.05) is 16.6 Å². The van der Waals surface area contributed by atoms with Gasteiger partial charge in [0.25, 0.3) is 0 Å². The maximum atomic E-state index is 12.6. The normalized spacial score (nSPS) is 14.7. The van der Waals surface area contributed by atoms with Crippen LogP contribution < -0.4 is 10.5 Å². The van der Waals surface area contributed by atoms with E-state index in [4.69, 9.17) is 10.5 Å². The maximum Gasteiger partial charge on any atom is 0.121 e. The van der Waals surface area contributed by atoms with Crippen molar-refractivity contribution in [2.75, 3.05) is 12.8 Å². The number of aryl methyl sites for hydroxylation is 2. The first-order chi connectivity index (χ1) is 10.2. The molecule has 0 radical (unpaired) electrons. The van der Waals surface area contributed by atoms with Crippen LogP contribution >= 0.6 is 0 Å². The minimum absolute atomic E-state index is 0.459. The molecule has 4 heteroatoms. The van der Waals surface area contributed by atoms with Gasteiger partial charge in [-0.25, -0.2) is 0 Å². The van der Waals surface area contributed by atoms with E-state index in [0.717, 1.165) is 23.3 Å². The van der Waals surface area contributed by atoms with Crippen LogP contribution in [0.3, 0.4) is 0 Å². The number of methoxy groups -OCH3 is 1. The highest BCUT2D eigenvalue weighted by Gasteiger charge is 2.14.